The quantitative estimate of drug-likeness (QED) is 0.386. The maximum absolute atomic E-state index is 11.1. The van der Waals surface area contributed by atoms with Gasteiger partial charge in [0, 0.05) is 18.1 Å². The lowest BCUT2D eigenvalue weighted by Crippen LogP contribution is -2.15. The lowest BCUT2D eigenvalue weighted by molar-refractivity contribution is -0.146. The molecule has 0 heterocycles. The SMILES string of the molecule is CCNCCSSCCOC(=O)C(C)C. The van der Waals surface area contributed by atoms with E-state index in [4.69, 9.17) is 4.74 Å². The van der Waals surface area contributed by atoms with E-state index in [9.17, 15) is 4.79 Å². The second-order valence-electron chi connectivity index (χ2n) is 3.32. The first kappa shape index (κ1) is 15.1. The molecule has 0 aliphatic rings. The fourth-order valence-electron chi connectivity index (χ4n) is 0.751. The third-order valence-electron chi connectivity index (χ3n) is 1.58. The van der Waals surface area contributed by atoms with E-state index in [0.29, 0.717) is 6.61 Å². The van der Waals surface area contributed by atoms with Gasteiger partial charge in [-0.15, -0.1) is 0 Å². The van der Waals surface area contributed by atoms with E-state index in [1.165, 1.54) is 0 Å². The van der Waals surface area contributed by atoms with Crippen molar-refractivity contribution < 1.29 is 9.53 Å². The third kappa shape index (κ3) is 10.4. The van der Waals surface area contributed by atoms with Crippen molar-refractivity contribution in [1.29, 1.82) is 0 Å². The molecule has 0 amide bonds. The summed E-state index contributed by atoms with van der Waals surface area (Å²) in [4.78, 5) is 11.1. The highest BCUT2D eigenvalue weighted by Crippen LogP contribution is 2.19. The summed E-state index contributed by atoms with van der Waals surface area (Å²) < 4.78 is 5.04. The maximum atomic E-state index is 11.1. The van der Waals surface area contributed by atoms with Crippen molar-refractivity contribution in [2.24, 2.45) is 5.92 Å². The monoisotopic (exact) mass is 251 g/mol. The molecule has 0 rings (SSSR count). The Bertz CT molecular complexity index is 166. The van der Waals surface area contributed by atoms with Crippen LogP contribution >= 0.6 is 21.6 Å². The molecule has 0 atom stereocenters. The van der Waals surface area contributed by atoms with Gasteiger partial charge < -0.3 is 10.1 Å². The molecule has 0 aromatic carbocycles. The minimum atomic E-state index is -0.103. The zero-order chi connectivity index (χ0) is 11.5. The second-order valence-corrected chi connectivity index (χ2v) is 6.02. The van der Waals surface area contributed by atoms with Gasteiger partial charge in [-0.3, -0.25) is 4.79 Å². The Hall–Kier alpha value is 0.130. The number of hydrogen-bond donors (Lipinski definition) is 1. The van der Waals surface area contributed by atoms with Crippen LogP contribution in [0.1, 0.15) is 20.8 Å². The molecule has 0 aliphatic carbocycles. The van der Waals surface area contributed by atoms with Crippen molar-refractivity contribution in [2.45, 2.75) is 20.8 Å². The molecule has 0 radical (unpaired) electrons. The highest BCUT2D eigenvalue weighted by Gasteiger charge is 2.06. The summed E-state index contributed by atoms with van der Waals surface area (Å²) in [6, 6.07) is 0. The normalized spacial score (nSPS) is 10.7. The second kappa shape index (κ2) is 10.6. The standard InChI is InChI=1S/C10H21NO2S2/c1-4-11-5-7-14-15-8-6-13-10(12)9(2)3/h9,11H,4-8H2,1-3H3. The Morgan fingerprint density at radius 1 is 1.33 bits per heavy atom. The van der Waals surface area contributed by atoms with E-state index in [-0.39, 0.29) is 11.9 Å². The molecule has 1 N–H and O–H groups in total. The molecule has 90 valence electrons. The summed E-state index contributed by atoms with van der Waals surface area (Å²) in [5.74, 6) is 1.84. The fourth-order valence-corrected chi connectivity index (χ4v) is 2.53. The largest absolute Gasteiger partial charge is 0.465 e. The summed E-state index contributed by atoms with van der Waals surface area (Å²) in [5, 5.41) is 3.25. The van der Waals surface area contributed by atoms with Crippen LogP contribution in [0.4, 0.5) is 0 Å². The van der Waals surface area contributed by atoms with E-state index in [2.05, 4.69) is 12.2 Å². The number of carbonyl (C=O) groups is 1. The number of carbonyl (C=O) groups excluding carboxylic acids is 1. The van der Waals surface area contributed by atoms with Crippen LogP contribution in [0, 0.1) is 5.92 Å². The fraction of sp³-hybridized carbons (Fsp3) is 0.900. The van der Waals surface area contributed by atoms with E-state index >= 15 is 0 Å². The zero-order valence-corrected chi connectivity index (χ0v) is 11.4. The molecule has 0 aromatic heterocycles. The van der Waals surface area contributed by atoms with E-state index < -0.39 is 0 Å². The first-order valence-electron chi connectivity index (χ1n) is 5.30. The number of ether oxygens (including phenoxy) is 1. The Morgan fingerprint density at radius 2 is 2.00 bits per heavy atom. The highest BCUT2D eigenvalue weighted by atomic mass is 33.1. The molecular weight excluding hydrogens is 230 g/mol. The minimum Gasteiger partial charge on any atom is -0.465 e. The van der Waals surface area contributed by atoms with Crippen molar-refractivity contribution in [3.05, 3.63) is 0 Å². The van der Waals surface area contributed by atoms with Crippen LogP contribution < -0.4 is 5.32 Å². The Labute approximate surface area is 100 Å². The van der Waals surface area contributed by atoms with Crippen molar-refractivity contribution in [2.75, 3.05) is 31.2 Å². The molecule has 3 nitrogen and oxygen atoms in total. The van der Waals surface area contributed by atoms with Crippen molar-refractivity contribution in [3.8, 4) is 0 Å². The molecule has 0 saturated heterocycles. The van der Waals surface area contributed by atoms with Gasteiger partial charge >= 0.3 is 5.97 Å². The molecule has 0 fully saturated rings. The molecule has 0 saturated carbocycles. The molecule has 0 unspecified atom stereocenters. The van der Waals surface area contributed by atoms with Gasteiger partial charge in [0.2, 0.25) is 0 Å². The topological polar surface area (TPSA) is 38.3 Å². The van der Waals surface area contributed by atoms with Crippen molar-refractivity contribution in [1.82, 2.24) is 5.32 Å². The zero-order valence-electron chi connectivity index (χ0n) is 9.75. The van der Waals surface area contributed by atoms with Gasteiger partial charge in [-0.2, -0.15) is 0 Å². The number of esters is 1. The number of nitrogens with one attached hydrogen (secondary N) is 1. The summed E-state index contributed by atoms with van der Waals surface area (Å²) in [6.45, 7) is 8.39. The molecule has 0 bridgehead atoms. The van der Waals surface area contributed by atoms with E-state index in [1.54, 1.807) is 10.8 Å². The molecule has 5 heteroatoms. The van der Waals surface area contributed by atoms with Gasteiger partial charge in [-0.1, -0.05) is 42.4 Å². The van der Waals surface area contributed by atoms with Crippen LogP contribution in [-0.4, -0.2) is 37.2 Å². The third-order valence-corrected chi connectivity index (χ3v) is 3.95. The van der Waals surface area contributed by atoms with E-state index in [0.717, 1.165) is 24.6 Å². The molecule has 0 aliphatic heterocycles. The predicted octanol–water partition coefficient (Wildman–Crippen LogP) is 2.18. The average molecular weight is 251 g/mol. The van der Waals surface area contributed by atoms with Crippen LogP contribution in [0.25, 0.3) is 0 Å². The lowest BCUT2D eigenvalue weighted by Gasteiger charge is -2.06. The summed E-state index contributed by atoms with van der Waals surface area (Å²) in [7, 11) is 3.57. The average Bonchev–Trinajstić information content (AvgIpc) is 2.21. The van der Waals surface area contributed by atoms with Crippen LogP contribution in [0.15, 0.2) is 0 Å². The number of hydrogen-bond acceptors (Lipinski definition) is 5. The summed E-state index contributed by atoms with van der Waals surface area (Å²) >= 11 is 0. The first-order chi connectivity index (χ1) is 7.18. The molecular formula is C10H21NO2S2. The lowest BCUT2D eigenvalue weighted by atomic mass is 10.2. The first-order valence-corrected chi connectivity index (χ1v) is 7.79. The Morgan fingerprint density at radius 3 is 2.60 bits per heavy atom. The van der Waals surface area contributed by atoms with Gasteiger partial charge in [-0.25, -0.2) is 0 Å². The van der Waals surface area contributed by atoms with Crippen LogP contribution in [-0.2, 0) is 9.53 Å². The van der Waals surface area contributed by atoms with Crippen LogP contribution in [0.3, 0.4) is 0 Å². The van der Waals surface area contributed by atoms with Crippen molar-refractivity contribution in [3.63, 3.8) is 0 Å². The Kier molecular flexibility index (Phi) is 10.7. The van der Waals surface area contributed by atoms with Crippen LogP contribution in [0.5, 0.6) is 0 Å². The summed E-state index contributed by atoms with van der Waals surface area (Å²) in [5.41, 5.74) is 0. The molecule has 0 aromatic rings. The highest BCUT2D eigenvalue weighted by molar-refractivity contribution is 8.76. The van der Waals surface area contributed by atoms with Gasteiger partial charge in [0.15, 0.2) is 0 Å². The van der Waals surface area contributed by atoms with Gasteiger partial charge in [0.05, 0.1) is 5.92 Å². The number of rotatable bonds is 9. The van der Waals surface area contributed by atoms with Gasteiger partial charge in [0.25, 0.3) is 0 Å². The minimum absolute atomic E-state index is 0.0172. The predicted molar refractivity (Wildman–Crippen MR) is 69.3 cm³/mol. The smallest absolute Gasteiger partial charge is 0.308 e. The van der Waals surface area contributed by atoms with E-state index in [1.807, 2.05) is 24.6 Å². The molecule has 15 heavy (non-hydrogen) atoms. The Balaban J connectivity index is 3.08. The molecule has 0 spiro atoms. The van der Waals surface area contributed by atoms with Crippen molar-refractivity contribution >= 4 is 27.6 Å². The van der Waals surface area contributed by atoms with Gasteiger partial charge in [0.1, 0.15) is 6.61 Å². The van der Waals surface area contributed by atoms with Crippen LogP contribution in [0.2, 0.25) is 0 Å². The maximum Gasteiger partial charge on any atom is 0.308 e. The summed E-state index contributed by atoms with van der Waals surface area (Å²) in [6.07, 6.45) is 0. The van der Waals surface area contributed by atoms with Gasteiger partial charge in [-0.05, 0) is 6.54 Å².